The summed E-state index contributed by atoms with van der Waals surface area (Å²) in [4.78, 5) is 24.4. The van der Waals surface area contributed by atoms with E-state index in [2.05, 4.69) is 5.32 Å². The van der Waals surface area contributed by atoms with Crippen molar-refractivity contribution in [2.45, 2.75) is 6.92 Å². The number of carbonyl (C=O) groups is 2. The molecular formula is C20H16ClNO5. The number of amides is 1. The predicted octanol–water partition coefficient (Wildman–Crippen LogP) is 5.39. The van der Waals surface area contributed by atoms with Crippen molar-refractivity contribution in [2.24, 2.45) is 0 Å². The quantitative estimate of drug-likeness (QED) is 0.596. The molecule has 1 aromatic heterocycles. The van der Waals surface area contributed by atoms with Gasteiger partial charge in [0.05, 0.1) is 17.3 Å². The molecule has 0 saturated heterocycles. The average molecular weight is 386 g/mol. The molecule has 1 amide bonds. The van der Waals surface area contributed by atoms with Gasteiger partial charge in [0.25, 0.3) is 0 Å². The van der Waals surface area contributed by atoms with Crippen LogP contribution >= 0.6 is 11.6 Å². The fraction of sp³-hybridized carbons (Fsp3) is 0.100. The number of hydrogen-bond acceptors (Lipinski definition) is 5. The van der Waals surface area contributed by atoms with Gasteiger partial charge in [-0.3, -0.25) is 5.32 Å². The predicted molar refractivity (Wildman–Crippen MR) is 101 cm³/mol. The van der Waals surface area contributed by atoms with Gasteiger partial charge in [-0.05, 0) is 31.2 Å². The number of furan rings is 1. The Bertz CT molecular complexity index is 952. The smallest absolute Gasteiger partial charge is 0.417 e. The zero-order valence-corrected chi connectivity index (χ0v) is 15.2. The van der Waals surface area contributed by atoms with Gasteiger partial charge in [0.15, 0.2) is 0 Å². The number of nitrogens with one attached hydrogen (secondary N) is 1. The van der Waals surface area contributed by atoms with Crippen molar-refractivity contribution in [3.05, 3.63) is 71.4 Å². The molecule has 0 aliphatic rings. The van der Waals surface area contributed by atoms with Crippen LogP contribution in [0, 0.1) is 0 Å². The second kappa shape index (κ2) is 8.42. The minimum atomic E-state index is -0.766. The topological polar surface area (TPSA) is 77.8 Å². The highest BCUT2D eigenvalue weighted by Crippen LogP contribution is 2.34. The molecule has 1 N–H and O–H groups in total. The molecule has 3 aromatic rings. The van der Waals surface area contributed by atoms with E-state index in [4.69, 9.17) is 25.5 Å². The first-order valence-corrected chi connectivity index (χ1v) is 8.56. The third kappa shape index (κ3) is 4.48. The lowest BCUT2D eigenvalue weighted by Gasteiger charge is -2.06. The maximum atomic E-state index is 12.2. The van der Waals surface area contributed by atoms with E-state index in [-0.39, 0.29) is 18.1 Å². The van der Waals surface area contributed by atoms with Crippen molar-refractivity contribution in [1.82, 2.24) is 0 Å². The lowest BCUT2D eigenvalue weighted by molar-refractivity contribution is 0.0492. The number of para-hydroxylation sites is 1. The molecule has 0 saturated carbocycles. The van der Waals surface area contributed by atoms with Gasteiger partial charge in [-0.15, -0.1) is 0 Å². The van der Waals surface area contributed by atoms with Gasteiger partial charge in [0.1, 0.15) is 11.5 Å². The highest BCUT2D eigenvalue weighted by Gasteiger charge is 2.23. The van der Waals surface area contributed by atoms with E-state index in [0.717, 1.165) is 0 Å². The number of esters is 1. The Labute approximate surface area is 160 Å². The Morgan fingerprint density at radius 2 is 1.78 bits per heavy atom. The molecule has 0 atom stereocenters. The van der Waals surface area contributed by atoms with Crippen LogP contribution in [-0.4, -0.2) is 18.7 Å². The molecule has 0 aliphatic heterocycles. The van der Waals surface area contributed by atoms with Crippen molar-refractivity contribution in [3.63, 3.8) is 0 Å². The van der Waals surface area contributed by atoms with Crippen LogP contribution in [0.4, 0.5) is 10.5 Å². The molecule has 1 heterocycles. The summed E-state index contributed by atoms with van der Waals surface area (Å²) in [5, 5.41) is 2.95. The highest BCUT2D eigenvalue weighted by molar-refractivity contribution is 6.33. The number of carbonyl (C=O) groups excluding carboxylic acids is 2. The lowest BCUT2D eigenvalue weighted by Crippen LogP contribution is -2.18. The minimum absolute atomic E-state index is 0.129. The van der Waals surface area contributed by atoms with Crippen molar-refractivity contribution in [2.75, 3.05) is 11.9 Å². The zero-order chi connectivity index (χ0) is 19.2. The Balaban J connectivity index is 1.89. The largest absolute Gasteiger partial charge is 0.460 e. The van der Waals surface area contributed by atoms with E-state index in [9.17, 15) is 9.59 Å². The first-order valence-electron chi connectivity index (χ1n) is 8.18. The van der Waals surface area contributed by atoms with Crippen LogP contribution in [0.5, 0.6) is 5.75 Å². The third-order valence-corrected chi connectivity index (χ3v) is 3.85. The van der Waals surface area contributed by atoms with Gasteiger partial charge < -0.3 is 13.9 Å². The normalized spacial score (nSPS) is 10.3. The van der Waals surface area contributed by atoms with Crippen LogP contribution in [0.2, 0.25) is 5.02 Å². The third-order valence-electron chi connectivity index (χ3n) is 3.52. The van der Waals surface area contributed by atoms with E-state index < -0.39 is 12.1 Å². The van der Waals surface area contributed by atoms with E-state index in [1.54, 1.807) is 61.5 Å². The van der Waals surface area contributed by atoms with Gasteiger partial charge in [-0.25, -0.2) is 9.59 Å². The maximum Gasteiger partial charge on any atom is 0.417 e. The van der Waals surface area contributed by atoms with Gasteiger partial charge in [-0.2, -0.15) is 0 Å². The Kier molecular flexibility index (Phi) is 5.78. The van der Waals surface area contributed by atoms with E-state index >= 15 is 0 Å². The standard InChI is InChI=1S/C20H16ClNO5/c1-2-25-19(23)18-16(22-20(24)26-13-8-4-3-5-9-13)12-17(27-18)14-10-6-7-11-15(14)21/h3-12H,2H2,1H3,(H,22,24). The first kappa shape index (κ1) is 18.5. The summed E-state index contributed by atoms with van der Waals surface area (Å²) in [5.41, 5.74) is 0.707. The van der Waals surface area contributed by atoms with Crippen LogP contribution < -0.4 is 10.1 Å². The molecule has 0 aliphatic carbocycles. The van der Waals surface area contributed by atoms with Crippen LogP contribution in [0.1, 0.15) is 17.5 Å². The van der Waals surface area contributed by atoms with E-state index in [1.165, 1.54) is 6.07 Å². The molecule has 27 heavy (non-hydrogen) atoms. The van der Waals surface area contributed by atoms with Crippen molar-refractivity contribution >= 4 is 29.4 Å². The average Bonchev–Trinajstić information content (AvgIpc) is 3.06. The Hall–Kier alpha value is -3.25. The van der Waals surface area contributed by atoms with Crippen LogP contribution in [-0.2, 0) is 4.74 Å². The summed E-state index contributed by atoms with van der Waals surface area (Å²) in [6.07, 6.45) is -0.766. The molecule has 0 unspecified atom stereocenters. The molecule has 6 nitrogen and oxygen atoms in total. The van der Waals surface area contributed by atoms with Crippen molar-refractivity contribution in [1.29, 1.82) is 0 Å². The SMILES string of the molecule is CCOC(=O)c1oc(-c2ccccc2Cl)cc1NC(=O)Oc1ccccc1. The highest BCUT2D eigenvalue weighted by atomic mass is 35.5. The lowest BCUT2D eigenvalue weighted by atomic mass is 10.2. The summed E-state index contributed by atoms with van der Waals surface area (Å²) in [7, 11) is 0. The molecule has 3 rings (SSSR count). The van der Waals surface area contributed by atoms with Crippen molar-refractivity contribution in [3.8, 4) is 17.1 Å². The number of ether oxygens (including phenoxy) is 2. The number of halogens is 1. The molecule has 7 heteroatoms. The molecular weight excluding hydrogens is 370 g/mol. The molecule has 0 radical (unpaired) electrons. The molecule has 0 spiro atoms. The maximum absolute atomic E-state index is 12.2. The minimum Gasteiger partial charge on any atom is -0.460 e. The zero-order valence-electron chi connectivity index (χ0n) is 14.4. The van der Waals surface area contributed by atoms with Crippen LogP contribution in [0.25, 0.3) is 11.3 Å². The van der Waals surface area contributed by atoms with Crippen molar-refractivity contribution < 1.29 is 23.5 Å². The second-order valence-electron chi connectivity index (χ2n) is 5.38. The van der Waals surface area contributed by atoms with Gasteiger partial charge in [0, 0.05) is 11.6 Å². The Morgan fingerprint density at radius 3 is 2.48 bits per heavy atom. The second-order valence-corrected chi connectivity index (χ2v) is 5.79. The van der Waals surface area contributed by atoms with Crippen LogP contribution in [0.3, 0.4) is 0 Å². The first-order chi connectivity index (χ1) is 13.1. The number of hydrogen-bond donors (Lipinski definition) is 1. The summed E-state index contributed by atoms with van der Waals surface area (Å²) < 4.78 is 15.8. The Morgan fingerprint density at radius 1 is 1.07 bits per heavy atom. The fourth-order valence-corrected chi connectivity index (χ4v) is 2.59. The van der Waals surface area contributed by atoms with Gasteiger partial charge in [0.2, 0.25) is 5.76 Å². The van der Waals surface area contributed by atoms with E-state index in [1.807, 2.05) is 0 Å². The fourth-order valence-electron chi connectivity index (χ4n) is 2.36. The summed E-state index contributed by atoms with van der Waals surface area (Å²) in [6, 6.07) is 17.0. The molecule has 0 bridgehead atoms. The number of anilines is 1. The number of benzene rings is 2. The molecule has 0 fully saturated rings. The van der Waals surface area contributed by atoms with E-state index in [0.29, 0.717) is 22.1 Å². The summed E-state index contributed by atoms with van der Waals surface area (Å²) in [5.74, 6) is -0.163. The molecule has 138 valence electrons. The van der Waals surface area contributed by atoms with Crippen LogP contribution in [0.15, 0.2) is 65.1 Å². The monoisotopic (exact) mass is 385 g/mol. The van der Waals surface area contributed by atoms with Gasteiger partial charge >= 0.3 is 12.1 Å². The summed E-state index contributed by atoms with van der Waals surface area (Å²) >= 11 is 6.19. The molecule has 2 aromatic carbocycles. The van der Waals surface area contributed by atoms with Gasteiger partial charge in [-0.1, -0.05) is 41.9 Å². The number of rotatable bonds is 5. The summed E-state index contributed by atoms with van der Waals surface area (Å²) in [6.45, 7) is 1.83.